The van der Waals surface area contributed by atoms with Gasteiger partial charge in [0.05, 0.1) is 0 Å². The molecular formula is C20H27N3O. The Morgan fingerprint density at radius 2 is 1.92 bits per heavy atom. The molecule has 2 rings (SSSR count). The number of amides is 1. The van der Waals surface area contributed by atoms with E-state index in [0.717, 1.165) is 38.2 Å². The monoisotopic (exact) mass is 325 g/mol. The number of pyridine rings is 1. The van der Waals surface area contributed by atoms with Gasteiger partial charge in [-0.3, -0.25) is 4.79 Å². The molecule has 128 valence electrons. The molecule has 0 saturated heterocycles. The number of nitrogens with zero attached hydrogens (tertiary/aromatic N) is 2. The van der Waals surface area contributed by atoms with Crippen LogP contribution in [0.25, 0.3) is 0 Å². The number of anilines is 1. The molecule has 0 bridgehead atoms. The van der Waals surface area contributed by atoms with Crippen LogP contribution in [-0.4, -0.2) is 35.9 Å². The molecule has 1 amide bonds. The van der Waals surface area contributed by atoms with Crippen molar-refractivity contribution < 1.29 is 4.79 Å². The van der Waals surface area contributed by atoms with Crippen LogP contribution in [0, 0.1) is 0 Å². The Morgan fingerprint density at radius 3 is 2.62 bits per heavy atom. The van der Waals surface area contributed by atoms with Crippen molar-refractivity contribution in [3.8, 4) is 0 Å². The van der Waals surface area contributed by atoms with Gasteiger partial charge in [-0.25, -0.2) is 4.98 Å². The number of aromatic nitrogens is 1. The van der Waals surface area contributed by atoms with Gasteiger partial charge in [0, 0.05) is 32.8 Å². The van der Waals surface area contributed by atoms with Crippen LogP contribution in [0.15, 0.2) is 48.7 Å². The van der Waals surface area contributed by atoms with Gasteiger partial charge in [-0.05, 0) is 49.4 Å². The van der Waals surface area contributed by atoms with Gasteiger partial charge in [0.2, 0.25) is 5.91 Å². The smallest absolute Gasteiger partial charge is 0.222 e. The minimum atomic E-state index is 0.247. The number of hydrogen-bond donors (Lipinski definition) is 1. The number of hydrogen-bond acceptors (Lipinski definition) is 3. The average Bonchev–Trinajstić information content (AvgIpc) is 2.63. The van der Waals surface area contributed by atoms with Gasteiger partial charge in [0.1, 0.15) is 5.82 Å². The molecule has 4 heteroatoms. The molecule has 4 nitrogen and oxygen atoms in total. The second-order valence-corrected chi connectivity index (χ2v) is 5.86. The minimum absolute atomic E-state index is 0.247. The van der Waals surface area contributed by atoms with Crippen molar-refractivity contribution >= 4 is 11.7 Å². The number of benzene rings is 1. The lowest BCUT2D eigenvalue weighted by molar-refractivity contribution is -0.131. The highest BCUT2D eigenvalue weighted by Gasteiger charge is 2.11. The van der Waals surface area contributed by atoms with E-state index in [0.29, 0.717) is 6.42 Å². The molecule has 1 heterocycles. The van der Waals surface area contributed by atoms with Gasteiger partial charge in [-0.1, -0.05) is 30.3 Å². The first-order chi connectivity index (χ1) is 11.7. The zero-order valence-corrected chi connectivity index (χ0v) is 14.7. The first-order valence-electron chi connectivity index (χ1n) is 8.67. The number of nitrogens with one attached hydrogen (secondary N) is 1. The maximum absolute atomic E-state index is 12.4. The summed E-state index contributed by atoms with van der Waals surface area (Å²) in [6, 6.07) is 14.4. The molecular weight excluding hydrogens is 298 g/mol. The summed E-state index contributed by atoms with van der Waals surface area (Å²) in [4.78, 5) is 18.6. The summed E-state index contributed by atoms with van der Waals surface area (Å²) in [5.41, 5.74) is 2.50. The summed E-state index contributed by atoms with van der Waals surface area (Å²) >= 11 is 0. The lowest BCUT2D eigenvalue weighted by atomic mass is 10.1. The van der Waals surface area contributed by atoms with Crippen LogP contribution in [-0.2, 0) is 17.6 Å². The van der Waals surface area contributed by atoms with Crippen LogP contribution in [0.2, 0.25) is 0 Å². The summed E-state index contributed by atoms with van der Waals surface area (Å²) in [5, 5.41) is 3.04. The van der Waals surface area contributed by atoms with Crippen molar-refractivity contribution in [3.63, 3.8) is 0 Å². The molecule has 1 aromatic heterocycles. The standard InChI is InChI=1S/C20H27N3O/c1-3-23(15-13-17-8-5-4-6-9-17)20(24)11-7-10-18-12-14-22-19(16-18)21-2/h4-6,8-9,12,14,16H,3,7,10-11,13,15H2,1-2H3,(H,21,22). The topological polar surface area (TPSA) is 45.2 Å². The van der Waals surface area contributed by atoms with Crippen molar-refractivity contribution in [1.29, 1.82) is 0 Å². The van der Waals surface area contributed by atoms with Crippen LogP contribution >= 0.6 is 0 Å². The third kappa shape index (κ3) is 5.69. The Morgan fingerprint density at radius 1 is 1.12 bits per heavy atom. The van der Waals surface area contributed by atoms with Gasteiger partial charge in [0.25, 0.3) is 0 Å². The molecule has 24 heavy (non-hydrogen) atoms. The van der Waals surface area contributed by atoms with Gasteiger partial charge in [-0.2, -0.15) is 0 Å². The molecule has 0 saturated carbocycles. The highest BCUT2D eigenvalue weighted by atomic mass is 16.2. The number of carbonyl (C=O) groups excluding carboxylic acids is 1. The summed E-state index contributed by atoms with van der Waals surface area (Å²) in [6.45, 7) is 3.61. The Balaban J connectivity index is 1.77. The molecule has 0 atom stereocenters. The molecule has 1 N–H and O–H groups in total. The highest BCUT2D eigenvalue weighted by molar-refractivity contribution is 5.76. The normalized spacial score (nSPS) is 10.4. The molecule has 0 aliphatic carbocycles. The maximum Gasteiger partial charge on any atom is 0.222 e. The second kappa shape index (κ2) is 9.71. The second-order valence-electron chi connectivity index (χ2n) is 5.86. The lowest BCUT2D eigenvalue weighted by Gasteiger charge is -2.21. The first kappa shape index (κ1) is 18.0. The van der Waals surface area contributed by atoms with E-state index < -0.39 is 0 Å². The molecule has 2 aromatic rings. The third-order valence-corrected chi connectivity index (χ3v) is 4.18. The Labute approximate surface area is 144 Å². The van der Waals surface area contributed by atoms with Gasteiger partial charge in [0.15, 0.2) is 0 Å². The average molecular weight is 325 g/mol. The van der Waals surface area contributed by atoms with E-state index in [-0.39, 0.29) is 5.91 Å². The van der Waals surface area contributed by atoms with Crippen molar-refractivity contribution in [2.75, 3.05) is 25.5 Å². The maximum atomic E-state index is 12.4. The van der Waals surface area contributed by atoms with Gasteiger partial charge in [-0.15, -0.1) is 0 Å². The molecule has 0 radical (unpaired) electrons. The zero-order valence-electron chi connectivity index (χ0n) is 14.7. The third-order valence-electron chi connectivity index (χ3n) is 4.18. The molecule has 0 spiro atoms. The van der Waals surface area contributed by atoms with Crippen LogP contribution in [0.1, 0.15) is 30.9 Å². The Hall–Kier alpha value is -2.36. The summed E-state index contributed by atoms with van der Waals surface area (Å²) in [7, 11) is 1.86. The van der Waals surface area contributed by atoms with Crippen LogP contribution < -0.4 is 5.32 Å². The fraction of sp³-hybridized carbons (Fsp3) is 0.400. The molecule has 0 unspecified atom stereocenters. The highest BCUT2D eigenvalue weighted by Crippen LogP contribution is 2.11. The van der Waals surface area contributed by atoms with Crippen molar-refractivity contribution in [2.45, 2.75) is 32.6 Å². The van der Waals surface area contributed by atoms with Crippen molar-refractivity contribution in [2.24, 2.45) is 0 Å². The summed E-state index contributed by atoms with van der Waals surface area (Å²) in [6.07, 6.45) is 5.09. The van der Waals surface area contributed by atoms with Crippen molar-refractivity contribution in [3.05, 3.63) is 59.8 Å². The molecule has 0 aliphatic heterocycles. The van der Waals surface area contributed by atoms with Crippen LogP contribution in [0.5, 0.6) is 0 Å². The molecule has 0 fully saturated rings. The fourth-order valence-corrected chi connectivity index (χ4v) is 2.74. The lowest BCUT2D eigenvalue weighted by Crippen LogP contribution is -2.32. The predicted octanol–water partition coefficient (Wildman–Crippen LogP) is 3.54. The van der Waals surface area contributed by atoms with E-state index >= 15 is 0 Å². The number of likely N-dealkylation sites (N-methyl/N-ethyl adjacent to an activating group) is 1. The predicted molar refractivity (Wildman–Crippen MR) is 99.1 cm³/mol. The zero-order chi connectivity index (χ0) is 17.2. The molecule has 0 aliphatic rings. The first-order valence-corrected chi connectivity index (χ1v) is 8.67. The number of aryl methyl sites for hydroxylation is 1. The van der Waals surface area contributed by atoms with E-state index in [4.69, 9.17) is 0 Å². The van der Waals surface area contributed by atoms with E-state index in [1.807, 2.05) is 49.2 Å². The van der Waals surface area contributed by atoms with Gasteiger partial charge < -0.3 is 10.2 Å². The van der Waals surface area contributed by atoms with E-state index in [9.17, 15) is 4.79 Å². The Kier molecular flexibility index (Phi) is 7.27. The largest absolute Gasteiger partial charge is 0.373 e. The Bertz CT molecular complexity index is 628. The minimum Gasteiger partial charge on any atom is -0.373 e. The summed E-state index contributed by atoms with van der Waals surface area (Å²) < 4.78 is 0. The molecule has 1 aromatic carbocycles. The van der Waals surface area contributed by atoms with E-state index in [1.54, 1.807) is 6.20 Å². The van der Waals surface area contributed by atoms with Crippen molar-refractivity contribution in [1.82, 2.24) is 9.88 Å². The number of carbonyl (C=O) groups is 1. The van der Waals surface area contributed by atoms with Crippen LogP contribution in [0.4, 0.5) is 5.82 Å². The summed E-state index contributed by atoms with van der Waals surface area (Å²) in [5.74, 6) is 1.12. The quantitative estimate of drug-likeness (QED) is 0.767. The SMILES string of the molecule is CCN(CCc1ccccc1)C(=O)CCCc1ccnc(NC)c1. The van der Waals surface area contributed by atoms with E-state index in [2.05, 4.69) is 22.4 Å². The van der Waals surface area contributed by atoms with Crippen LogP contribution in [0.3, 0.4) is 0 Å². The number of rotatable bonds is 9. The van der Waals surface area contributed by atoms with Gasteiger partial charge >= 0.3 is 0 Å². The fourth-order valence-electron chi connectivity index (χ4n) is 2.74. The van der Waals surface area contributed by atoms with E-state index in [1.165, 1.54) is 11.1 Å².